The summed E-state index contributed by atoms with van der Waals surface area (Å²) in [6.07, 6.45) is 5.82. The van der Waals surface area contributed by atoms with Gasteiger partial charge in [-0.25, -0.2) is 4.98 Å². The van der Waals surface area contributed by atoms with Crippen LogP contribution in [0.25, 0.3) is 11.3 Å². The van der Waals surface area contributed by atoms with Crippen LogP contribution in [0, 0.1) is 5.92 Å². The highest BCUT2D eigenvalue weighted by Crippen LogP contribution is 2.39. The lowest BCUT2D eigenvalue weighted by Crippen LogP contribution is -2.46. The molecule has 5 nitrogen and oxygen atoms in total. The van der Waals surface area contributed by atoms with Gasteiger partial charge < -0.3 is 16.0 Å². The van der Waals surface area contributed by atoms with E-state index < -0.39 is 0 Å². The Bertz CT molecular complexity index is 803. The van der Waals surface area contributed by atoms with E-state index in [1.807, 2.05) is 0 Å². The molecule has 1 aromatic carbocycles. The van der Waals surface area contributed by atoms with E-state index in [-0.39, 0.29) is 0 Å². The average Bonchev–Trinajstić information content (AvgIpc) is 3.04. The monoisotopic (exact) mass is 335 g/mol. The summed E-state index contributed by atoms with van der Waals surface area (Å²) in [7, 11) is 0. The number of nitrogens with zero attached hydrogens (tertiary/aromatic N) is 3. The molecule has 2 aliphatic heterocycles. The van der Waals surface area contributed by atoms with E-state index in [4.69, 9.17) is 10.7 Å². The van der Waals surface area contributed by atoms with Gasteiger partial charge in [-0.15, -0.1) is 0 Å². The summed E-state index contributed by atoms with van der Waals surface area (Å²) in [5.41, 5.74) is 11.1. The highest BCUT2D eigenvalue weighted by molar-refractivity contribution is 5.74. The molecule has 0 spiro atoms. The molecular formula is C20H25N5. The highest BCUT2D eigenvalue weighted by Gasteiger charge is 2.37. The molecule has 2 fully saturated rings. The molecule has 0 bridgehead atoms. The molecule has 0 amide bonds. The van der Waals surface area contributed by atoms with Crippen molar-refractivity contribution in [1.82, 2.24) is 15.3 Å². The first kappa shape index (κ1) is 15.1. The van der Waals surface area contributed by atoms with E-state index in [9.17, 15) is 0 Å². The van der Waals surface area contributed by atoms with Crippen LogP contribution in [0.5, 0.6) is 0 Å². The third-order valence-corrected chi connectivity index (χ3v) is 6.10. The topological polar surface area (TPSA) is 67.1 Å². The molecule has 3 N–H and O–H groups in total. The molecule has 25 heavy (non-hydrogen) atoms. The smallest absolute Gasteiger partial charge is 0.222 e. The van der Waals surface area contributed by atoms with E-state index >= 15 is 0 Å². The molecule has 0 saturated carbocycles. The number of aromatic nitrogens is 2. The van der Waals surface area contributed by atoms with Gasteiger partial charge in [0.2, 0.25) is 5.95 Å². The van der Waals surface area contributed by atoms with Crippen molar-refractivity contribution in [2.24, 2.45) is 5.92 Å². The Morgan fingerprint density at radius 1 is 1.08 bits per heavy atom. The first-order valence-corrected chi connectivity index (χ1v) is 9.53. The summed E-state index contributed by atoms with van der Waals surface area (Å²) in [6.45, 7) is 3.26. The molecule has 2 unspecified atom stereocenters. The third-order valence-electron chi connectivity index (χ3n) is 6.10. The third kappa shape index (κ3) is 2.49. The normalized spacial score (nSPS) is 25.0. The molecule has 2 atom stereocenters. The van der Waals surface area contributed by atoms with Gasteiger partial charge in [-0.1, -0.05) is 24.3 Å². The Kier molecular flexibility index (Phi) is 3.63. The lowest BCUT2D eigenvalue weighted by molar-refractivity contribution is 0.382. The second kappa shape index (κ2) is 5.99. The molecule has 5 rings (SSSR count). The standard InChI is InChI=1S/C20H25N5/c21-20-23-18-15-8-2-1-5-13(15)6-3-9-16(18)19(24-20)25-10-4-7-14-11-22-12-17(14)25/h1-2,5,8,14,17,22H,3-4,6-7,9-12H2,(H2,21,23,24). The number of hydrogen-bond acceptors (Lipinski definition) is 5. The Morgan fingerprint density at radius 2 is 2.00 bits per heavy atom. The van der Waals surface area contributed by atoms with Crippen molar-refractivity contribution in [3.8, 4) is 11.3 Å². The minimum absolute atomic E-state index is 0.401. The summed E-state index contributed by atoms with van der Waals surface area (Å²) >= 11 is 0. The molecule has 2 saturated heterocycles. The number of piperidine rings is 1. The predicted octanol–water partition coefficient (Wildman–Crippen LogP) is 2.40. The highest BCUT2D eigenvalue weighted by atomic mass is 15.3. The lowest BCUT2D eigenvalue weighted by atomic mass is 9.91. The molecule has 2 aromatic rings. The Labute approximate surface area is 148 Å². The fourth-order valence-corrected chi connectivity index (χ4v) is 4.94. The second-order valence-electron chi connectivity index (χ2n) is 7.56. The van der Waals surface area contributed by atoms with Crippen molar-refractivity contribution in [2.75, 3.05) is 30.3 Å². The summed E-state index contributed by atoms with van der Waals surface area (Å²) in [5.74, 6) is 2.23. The average molecular weight is 335 g/mol. The predicted molar refractivity (Wildman–Crippen MR) is 101 cm³/mol. The number of nitrogens with one attached hydrogen (secondary N) is 1. The zero-order valence-corrected chi connectivity index (χ0v) is 14.5. The van der Waals surface area contributed by atoms with Crippen molar-refractivity contribution in [2.45, 2.75) is 38.1 Å². The fourth-order valence-electron chi connectivity index (χ4n) is 4.94. The molecule has 130 valence electrons. The van der Waals surface area contributed by atoms with Crippen LogP contribution in [0.4, 0.5) is 11.8 Å². The van der Waals surface area contributed by atoms with Gasteiger partial charge in [0.05, 0.1) is 5.69 Å². The maximum absolute atomic E-state index is 6.17. The maximum atomic E-state index is 6.17. The van der Waals surface area contributed by atoms with Gasteiger partial charge in [0.25, 0.3) is 0 Å². The van der Waals surface area contributed by atoms with Crippen LogP contribution in [0.15, 0.2) is 24.3 Å². The second-order valence-corrected chi connectivity index (χ2v) is 7.56. The van der Waals surface area contributed by atoms with Crippen molar-refractivity contribution in [3.05, 3.63) is 35.4 Å². The summed E-state index contributed by atoms with van der Waals surface area (Å²) in [5, 5.41) is 3.57. The Hall–Kier alpha value is -2.14. The van der Waals surface area contributed by atoms with Gasteiger partial charge in [-0.3, -0.25) is 0 Å². The first-order valence-electron chi connectivity index (χ1n) is 9.53. The van der Waals surface area contributed by atoms with Gasteiger partial charge >= 0.3 is 0 Å². The zero-order chi connectivity index (χ0) is 16.8. The van der Waals surface area contributed by atoms with E-state index in [1.165, 1.54) is 29.5 Å². The van der Waals surface area contributed by atoms with Crippen LogP contribution >= 0.6 is 0 Å². The van der Waals surface area contributed by atoms with Crippen LogP contribution in [0.1, 0.15) is 30.4 Å². The first-order chi connectivity index (χ1) is 12.3. The number of rotatable bonds is 1. The molecular weight excluding hydrogens is 310 g/mol. The van der Waals surface area contributed by atoms with Crippen molar-refractivity contribution >= 4 is 11.8 Å². The minimum atomic E-state index is 0.401. The van der Waals surface area contributed by atoms with Gasteiger partial charge in [0, 0.05) is 36.8 Å². The SMILES string of the molecule is Nc1nc2c(c(N3CCCC4CNCC43)n1)CCCc1ccccc1-2. The van der Waals surface area contributed by atoms with Crippen LogP contribution in [0.2, 0.25) is 0 Å². The molecule has 1 aliphatic carbocycles. The quantitative estimate of drug-likeness (QED) is 0.838. The largest absolute Gasteiger partial charge is 0.368 e. The minimum Gasteiger partial charge on any atom is -0.368 e. The van der Waals surface area contributed by atoms with Crippen LogP contribution in [-0.2, 0) is 12.8 Å². The summed E-state index contributed by atoms with van der Waals surface area (Å²) in [6, 6.07) is 9.18. The number of aryl methyl sites for hydroxylation is 1. The van der Waals surface area contributed by atoms with Crippen LogP contribution < -0.4 is 16.0 Å². The summed E-state index contributed by atoms with van der Waals surface area (Å²) < 4.78 is 0. The molecule has 3 aliphatic rings. The van der Waals surface area contributed by atoms with Crippen molar-refractivity contribution in [1.29, 1.82) is 0 Å². The Balaban J connectivity index is 1.66. The van der Waals surface area contributed by atoms with Crippen LogP contribution in [0.3, 0.4) is 0 Å². The Morgan fingerprint density at radius 3 is 2.96 bits per heavy atom. The molecule has 0 radical (unpaired) electrons. The number of anilines is 2. The molecule has 5 heteroatoms. The zero-order valence-electron chi connectivity index (χ0n) is 14.5. The fraction of sp³-hybridized carbons (Fsp3) is 0.500. The van der Waals surface area contributed by atoms with Crippen LogP contribution in [-0.4, -0.2) is 35.6 Å². The van der Waals surface area contributed by atoms with Crippen molar-refractivity contribution < 1.29 is 0 Å². The van der Waals surface area contributed by atoms with Gasteiger partial charge in [0.15, 0.2) is 0 Å². The number of hydrogen-bond donors (Lipinski definition) is 2. The van der Waals surface area contributed by atoms with E-state index in [1.54, 1.807) is 0 Å². The number of nitrogen functional groups attached to an aromatic ring is 1. The number of benzene rings is 1. The van der Waals surface area contributed by atoms with Gasteiger partial charge in [-0.2, -0.15) is 4.98 Å². The molecule has 1 aromatic heterocycles. The van der Waals surface area contributed by atoms with Crippen molar-refractivity contribution in [3.63, 3.8) is 0 Å². The van der Waals surface area contributed by atoms with E-state index in [0.29, 0.717) is 12.0 Å². The van der Waals surface area contributed by atoms with Gasteiger partial charge in [0.1, 0.15) is 5.82 Å². The molecule has 3 heterocycles. The van der Waals surface area contributed by atoms with E-state index in [0.717, 1.165) is 56.3 Å². The number of fused-ring (bicyclic) bond motifs is 4. The van der Waals surface area contributed by atoms with E-state index in [2.05, 4.69) is 39.5 Å². The summed E-state index contributed by atoms with van der Waals surface area (Å²) in [4.78, 5) is 12.0. The lowest BCUT2D eigenvalue weighted by Gasteiger charge is -2.39. The maximum Gasteiger partial charge on any atom is 0.222 e. The van der Waals surface area contributed by atoms with Gasteiger partial charge in [-0.05, 0) is 43.6 Å². The number of nitrogens with two attached hydrogens (primary N) is 1.